The second kappa shape index (κ2) is 8.98. The number of aromatic nitrogens is 2. The van der Waals surface area contributed by atoms with Crippen LogP contribution < -0.4 is 4.74 Å². The minimum absolute atomic E-state index is 0.670. The zero-order valence-corrected chi connectivity index (χ0v) is 19.6. The molecule has 2 aromatic heterocycles. The van der Waals surface area contributed by atoms with E-state index in [0.717, 1.165) is 63.1 Å². The van der Waals surface area contributed by atoms with Crippen molar-refractivity contribution >= 4 is 32.8 Å². The lowest BCUT2D eigenvalue weighted by Crippen LogP contribution is -2.49. The van der Waals surface area contributed by atoms with E-state index in [1.54, 1.807) is 7.11 Å². The summed E-state index contributed by atoms with van der Waals surface area (Å²) in [6, 6.07) is 5.22. The Hall–Kier alpha value is -2.42. The van der Waals surface area contributed by atoms with Gasteiger partial charge >= 0.3 is 5.97 Å². The molecule has 3 heterocycles. The van der Waals surface area contributed by atoms with Gasteiger partial charge in [-0.05, 0) is 26.0 Å². The second-order valence-electron chi connectivity index (χ2n) is 8.03. The molecule has 0 spiro atoms. The Morgan fingerprint density at radius 3 is 2.71 bits per heavy atom. The maximum absolute atomic E-state index is 12.2. The first-order valence-electron chi connectivity index (χ1n) is 10.3. The molecule has 1 aliphatic heterocycles. The molecule has 1 fully saturated rings. The van der Waals surface area contributed by atoms with Crippen LogP contribution in [-0.2, 0) is 11.3 Å². The van der Waals surface area contributed by atoms with Crippen LogP contribution in [0.1, 0.15) is 28.4 Å². The van der Waals surface area contributed by atoms with Gasteiger partial charge in [0.1, 0.15) is 11.8 Å². The van der Waals surface area contributed by atoms with Gasteiger partial charge in [0.2, 0.25) is 0 Å². The van der Waals surface area contributed by atoms with E-state index >= 15 is 0 Å². The predicted molar refractivity (Wildman–Crippen MR) is 123 cm³/mol. The zero-order valence-electron chi connectivity index (χ0n) is 18.0. The number of nitrogens with zero attached hydrogens (tertiary/aromatic N) is 3. The number of piperazine rings is 1. The first-order chi connectivity index (χ1) is 14.9. The Labute approximate surface area is 190 Å². The number of aromatic amines is 1. The molecule has 1 unspecified atom stereocenters. The van der Waals surface area contributed by atoms with Crippen molar-refractivity contribution in [3.05, 3.63) is 57.4 Å². The molecule has 1 aromatic carbocycles. The molecule has 0 saturated carbocycles. The fourth-order valence-corrected chi connectivity index (χ4v) is 4.82. The van der Waals surface area contributed by atoms with Crippen LogP contribution in [0, 0.1) is 13.8 Å². The van der Waals surface area contributed by atoms with E-state index < -0.39 is 12.0 Å². The van der Waals surface area contributed by atoms with Gasteiger partial charge in [-0.25, -0.2) is 0 Å². The first-order valence-corrected chi connectivity index (χ1v) is 11.1. The van der Waals surface area contributed by atoms with Gasteiger partial charge in [-0.15, -0.1) is 0 Å². The van der Waals surface area contributed by atoms with Crippen LogP contribution in [0.25, 0.3) is 10.9 Å². The number of nitrogens with one attached hydrogen (secondary N) is 1. The van der Waals surface area contributed by atoms with Crippen LogP contribution in [0.15, 0.2) is 35.1 Å². The monoisotopic (exact) mass is 486 g/mol. The van der Waals surface area contributed by atoms with Crippen LogP contribution in [0.3, 0.4) is 0 Å². The van der Waals surface area contributed by atoms with Crippen LogP contribution in [0.2, 0.25) is 0 Å². The number of H-pyrrole nitrogens is 1. The van der Waals surface area contributed by atoms with Crippen molar-refractivity contribution in [2.24, 2.45) is 0 Å². The molecule has 4 rings (SSSR count). The van der Waals surface area contributed by atoms with E-state index in [1.165, 1.54) is 0 Å². The number of carboxylic acid groups (broad SMARTS) is 1. The number of benzene rings is 1. The number of aryl methyl sites for hydroxylation is 1. The number of halogens is 1. The van der Waals surface area contributed by atoms with Gasteiger partial charge in [0.25, 0.3) is 0 Å². The van der Waals surface area contributed by atoms with E-state index in [-0.39, 0.29) is 0 Å². The molecule has 31 heavy (non-hydrogen) atoms. The Bertz CT molecular complexity index is 1110. The summed E-state index contributed by atoms with van der Waals surface area (Å²) in [6.07, 6.45) is 3.68. The summed E-state index contributed by atoms with van der Waals surface area (Å²) >= 11 is 3.47. The molecule has 0 bridgehead atoms. The highest BCUT2D eigenvalue weighted by molar-refractivity contribution is 9.10. The second-order valence-corrected chi connectivity index (χ2v) is 8.95. The largest absolute Gasteiger partial charge is 0.496 e. The number of rotatable bonds is 6. The Morgan fingerprint density at radius 2 is 2.03 bits per heavy atom. The Morgan fingerprint density at radius 1 is 1.29 bits per heavy atom. The lowest BCUT2D eigenvalue weighted by atomic mass is 10.0. The molecule has 3 aromatic rings. The number of pyridine rings is 1. The summed E-state index contributed by atoms with van der Waals surface area (Å²) in [5, 5.41) is 11.0. The molecule has 7 nitrogen and oxygen atoms in total. The average molecular weight is 487 g/mol. The van der Waals surface area contributed by atoms with Gasteiger partial charge in [0.15, 0.2) is 0 Å². The lowest BCUT2D eigenvalue weighted by Gasteiger charge is -2.37. The number of methoxy groups -OCH3 is 1. The Balaban J connectivity index is 1.48. The first kappa shape index (κ1) is 21.8. The third kappa shape index (κ3) is 4.33. The number of hydrogen-bond acceptors (Lipinski definition) is 5. The van der Waals surface area contributed by atoms with E-state index in [9.17, 15) is 9.90 Å². The summed E-state index contributed by atoms with van der Waals surface area (Å²) in [7, 11) is 1.69. The van der Waals surface area contributed by atoms with Gasteiger partial charge in [0, 0.05) is 77.2 Å². The number of aliphatic carboxylic acids is 1. The van der Waals surface area contributed by atoms with Crippen molar-refractivity contribution in [2.75, 3.05) is 33.3 Å². The lowest BCUT2D eigenvalue weighted by molar-refractivity contribution is -0.144. The molecular formula is C23H27BrN4O3. The maximum atomic E-state index is 12.2. The normalized spacial score (nSPS) is 16.5. The number of hydrogen-bond donors (Lipinski definition) is 2. The average Bonchev–Trinajstić information content (AvgIpc) is 3.14. The molecule has 0 radical (unpaired) electrons. The Kier molecular flexibility index (Phi) is 6.31. The quantitative estimate of drug-likeness (QED) is 0.549. The maximum Gasteiger partial charge on any atom is 0.325 e. The van der Waals surface area contributed by atoms with Gasteiger partial charge < -0.3 is 14.8 Å². The molecule has 1 atom stereocenters. The molecule has 2 N–H and O–H groups in total. The number of fused-ring (bicyclic) bond motifs is 1. The molecule has 0 aliphatic carbocycles. The molecule has 164 valence electrons. The third-order valence-electron chi connectivity index (χ3n) is 6.10. The van der Waals surface area contributed by atoms with Gasteiger partial charge in [-0.2, -0.15) is 0 Å². The summed E-state index contributed by atoms with van der Waals surface area (Å²) in [6.45, 7) is 7.71. The van der Waals surface area contributed by atoms with E-state index in [0.29, 0.717) is 13.1 Å². The SMILES string of the molecule is COc1c(C)cnc(CN2CCN(C(C(=O)O)c3c[nH]c4cc(Br)ccc34)CC2)c1C. The zero-order chi connectivity index (χ0) is 22.1. The van der Waals surface area contributed by atoms with Crippen molar-refractivity contribution in [3.8, 4) is 5.75 Å². The fourth-order valence-electron chi connectivity index (χ4n) is 4.45. The molecule has 1 saturated heterocycles. The van der Waals surface area contributed by atoms with Gasteiger partial charge in [0.05, 0.1) is 12.8 Å². The standard InChI is InChI=1S/C23H27BrN4O3/c1-14-11-25-20(15(2)22(14)31-3)13-27-6-8-28(9-7-27)21(23(29)30)18-12-26-19-10-16(24)4-5-17(18)19/h4-5,10-12,21,26H,6-9,13H2,1-3H3,(H,29,30). The topological polar surface area (TPSA) is 81.7 Å². The summed E-state index contributed by atoms with van der Waals surface area (Å²) in [4.78, 5) is 24.4. The van der Waals surface area contributed by atoms with Crippen molar-refractivity contribution in [3.63, 3.8) is 0 Å². The molecule has 0 amide bonds. The highest BCUT2D eigenvalue weighted by Gasteiger charge is 2.32. The minimum atomic E-state index is -0.821. The van der Waals surface area contributed by atoms with E-state index in [4.69, 9.17) is 4.74 Å². The predicted octanol–water partition coefficient (Wildman–Crippen LogP) is 3.89. The minimum Gasteiger partial charge on any atom is -0.496 e. The van der Waals surface area contributed by atoms with Crippen molar-refractivity contribution in [1.82, 2.24) is 19.8 Å². The van der Waals surface area contributed by atoms with Crippen LogP contribution in [0.5, 0.6) is 5.75 Å². The highest BCUT2D eigenvalue weighted by Crippen LogP contribution is 2.31. The number of carboxylic acids is 1. The van der Waals surface area contributed by atoms with Crippen molar-refractivity contribution in [1.29, 1.82) is 0 Å². The van der Waals surface area contributed by atoms with Crippen molar-refractivity contribution < 1.29 is 14.6 Å². The van der Waals surface area contributed by atoms with Crippen molar-refractivity contribution in [2.45, 2.75) is 26.4 Å². The third-order valence-corrected chi connectivity index (χ3v) is 6.59. The number of ether oxygens (including phenoxy) is 1. The van der Waals surface area contributed by atoms with E-state index in [1.807, 2.05) is 44.4 Å². The smallest absolute Gasteiger partial charge is 0.325 e. The van der Waals surface area contributed by atoms with Gasteiger partial charge in [-0.1, -0.05) is 22.0 Å². The summed E-state index contributed by atoms with van der Waals surface area (Å²) < 4.78 is 6.49. The summed E-state index contributed by atoms with van der Waals surface area (Å²) in [5.74, 6) is 0.0681. The highest BCUT2D eigenvalue weighted by atomic mass is 79.9. The van der Waals surface area contributed by atoms with Crippen LogP contribution in [0.4, 0.5) is 0 Å². The van der Waals surface area contributed by atoms with Crippen LogP contribution >= 0.6 is 15.9 Å². The van der Waals surface area contributed by atoms with Gasteiger partial charge in [-0.3, -0.25) is 19.6 Å². The number of carbonyl (C=O) groups is 1. The summed E-state index contributed by atoms with van der Waals surface area (Å²) in [5.41, 5.74) is 4.85. The molecular weight excluding hydrogens is 460 g/mol. The molecule has 1 aliphatic rings. The van der Waals surface area contributed by atoms with E-state index in [2.05, 4.69) is 35.7 Å². The molecule has 8 heteroatoms. The van der Waals surface area contributed by atoms with Crippen LogP contribution in [-0.4, -0.2) is 64.1 Å². The fraction of sp³-hybridized carbons (Fsp3) is 0.391.